The molecule has 0 saturated carbocycles. The van der Waals surface area contributed by atoms with Gasteiger partial charge >= 0.3 is 10.3 Å². The first-order valence-corrected chi connectivity index (χ1v) is 9.83. The number of nitrogens with zero attached hydrogens (tertiary/aromatic N) is 1. The molecule has 0 amide bonds. The highest BCUT2D eigenvalue weighted by Crippen LogP contribution is 2.08. The average molecular weight is 373 g/mol. The van der Waals surface area contributed by atoms with Crippen molar-refractivity contribution in [2.45, 2.75) is 25.2 Å². The molecular weight excluding hydrogens is 354 g/mol. The Balaban J connectivity index is 0.000000243. The maximum atomic E-state index is 11.3. The fourth-order valence-corrected chi connectivity index (χ4v) is 2.89. The van der Waals surface area contributed by atoms with Gasteiger partial charge in [0.05, 0.1) is 11.5 Å². The summed E-state index contributed by atoms with van der Waals surface area (Å²) in [5.74, 6) is 0. The van der Waals surface area contributed by atoms with Gasteiger partial charge in [-0.05, 0) is 25.5 Å². The van der Waals surface area contributed by atoms with E-state index in [1.165, 1.54) is 24.5 Å². The van der Waals surface area contributed by atoms with Gasteiger partial charge in [-0.15, -0.1) is 8.42 Å². The molecule has 0 N–H and O–H groups in total. The summed E-state index contributed by atoms with van der Waals surface area (Å²) in [4.78, 5) is -0.178. The van der Waals surface area contributed by atoms with Crippen LogP contribution in [0.4, 0.5) is 0 Å². The summed E-state index contributed by atoms with van der Waals surface area (Å²) in [5.41, 5.74) is 0.928. The fourth-order valence-electron chi connectivity index (χ4n) is 1.49. The van der Waals surface area contributed by atoms with Crippen LogP contribution in [-0.4, -0.2) is 28.0 Å². The highest BCUT2D eigenvalue weighted by Gasteiger charge is 2.21. The maximum Gasteiger partial charge on any atom is 0.513 e. The average Bonchev–Trinajstić information content (AvgIpc) is 2.54. The van der Waals surface area contributed by atoms with E-state index < -0.39 is 20.4 Å². The molecule has 0 spiro atoms. The van der Waals surface area contributed by atoms with Crippen molar-refractivity contribution in [3.63, 3.8) is 0 Å². The molecule has 0 radical (unpaired) electrons. The Kier molecular flexibility index (Phi) is 7.49. The zero-order valence-electron chi connectivity index (χ0n) is 13.3. The Morgan fingerprint density at radius 2 is 1.54 bits per heavy atom. The van der Waals surface area contributed by atoms with Crippen LogP contribution in [0.15, 0.2) is 59.8 Å². The molecule has 9 heteroatoms. The molecule has 1 heterocycles. The van der Waals surface area contributed by atoms with E-state index in [-0.39, 0.29) is 11.5 Å². The van der Waals surface area contributed by atoms with Crippen molar-refractivity contribution in [2.75, 3.05) is 6.61 Å². The lowest BCUT2D eigenvalue weighted by Crippen LogP contribution is -2.43. The predicted molar refractivity (Wildman–Crippen MR) is 86.3 cm³/mol. The molecule has 0 bridgehead atoms. The molecule has 132 valence electrons. The summed E-state index contributed by atoms with van der Waals surface area (Å²) in [6.45, 7) is 3.89. The summed E-state index contributed by atoms with van der Waals surface area (Å²) >= 11 is 0. The number of aryl methyl sites for hydroxylation is 1. The predicted octanol–water partition coefficient (Wildman–Crippen LogP) is 1.39. The topological polar surface area (TPSA) is 104 Å². The van der Waals surface area contributed by atoms with E-state index in [2.05, 4.69) is 0 Å². The summed E-state index contributed by atoms with van der Waals surface area (Å²) < 4.78 is 59.6. The van der Waals surface area contributed by atoms with Gasteiger partial charge in [0, 0.05) is 12.1 Å². The number of pyridine rings is 1. The Hall–Kier alpha value is -1.81. The van der Waals surface area contributed by atoms with Crippen molar-refractivity contribution < 1.29 is 29.5 Å². The molecule has 0 unspecified atom stereocenters. The minimum Gasteiger partial charge on any atom is -0.744 e. The first-order valence-electron chi connectivity index (χ1n) is 7.05. The highest BCUT2D eigenvalue weighted by molar-refractivity contribution is 7.85. The first kappa shape index (κ1) is 20.2. The standard InChI is InChI=1S/C8H12NO3S.C7H8O3S/c1-2-8-12-13(10,11)9-6-4-3-5-7-9;1-6-2-4-7(5-3-6)11(8,9)10/h3-7H,2,8H2,1H3;2-5H,1H3,(H,8,9,10)/q+1;/p-1. The zero-order chi connectivity index (χ0) is 18.2. The summed E-state index contributed by atoms with van der Waals surface area (Å²) in [5, 5.41) is 0. The number of aromatic nitrogens is 1. The lowest BCUT2D eigenvalue weighted by Gasteiger charge is -2.05. The highest BCUT2D eigenvalue weighted by atomic mass is 32.2. The summed E-state index contributed by atoms with van der Waals surface area (Å²) in [6.07, 6.45) is 3.54. The van der Waals surface area contributed by atoms with Gasteiger partial charge in [-0.25, -0.2) is 12.6 Å². The van der Waals surface area contributed by atoms with Crippen LogP contribution >= 0.6 is 0 Å². The van der Waals surface area contributed by atoms with E-state index in [0.717, 1.165) is 9.54 Å². The zero-order valence-corrected chi connectivity index (χ0v) is 15.0. The van der Waals surface area contributed by atoms with Gasteiger partial charge in [-0.2, -0.15) is 0 Å². The Morgan fingerprint density at radius 1 is 1.00 bits per heavy atom. The quantitative estimate of drug-likeness (QED) is 0.579. The molecule has 0 aliphatic carbocycles. The third-order valence-corrected chi connectivity index (χ3v) is 4.77. The SMILES string of the molecule is CCCOS(=O)(=O)[n+]1ccccc1.Cc1ccc(S(=O)(=O)[O-])cc1. The summed E-state index contributed by atoms with van der Waals surface area (Å²) in [7, 11) is -7.88. The van der Waals surface area contributed by atoms with Crippen LogP contribution in [0.3, 0.4) is 0 Å². The second-order valence-electron chi connectivity index (χ2n) is 4.75. The molecule has 0 fully saturated rings. The maximum absolute atomic E-state index is 11.3. The van der Waals surface area contributed by atoms with Crippen LogP contribution in [0.25, 0.3) is 0 Å². The van der Waals surface area contributed by atoms with E-state index >= 15 is 0 Å². The fraction of sp³-hybridized carbons (Fsp3) is 0.267. The Bertz CT molecular complexity index is 831. The third-order valence-electron chi connectivity index (χ3n) is 2.69. The van der Waals surface area contributed by atoms with Crippen molar-refractivity contribution in [2.24, 2.45) is 0 Å². The Labute approximate surface area is 142 Å². The molecule has 2 aromatic rings. The van der Waals surface area contributed by atoms with Crippen molar-refractivity contribution in [3.8, 4) is 0 Å². The van der Waals surface area contributed by atoms with E-state index in [9.17, 15) is 21.4 Å². The molecule has 1 aromatic carbocycles. The molecule has 1 aromatic heterocycles. The smallest absolute Gasteiger partial charge is 0.513 e. The lowest BCUT2D eigenvalue weighted by molar-refractivity contribution is -0.520. The van der Waals surface area contributed by atoms with Gasteiger partial charge in [0.1, 0.15) is 10.1 Å². The van der Waals surface area contributed by atoms with Gasteiger partial charge in [0.2, 0.25) is 0 Å². The van der Waals surface area contributed by atoms with Crippen LogP contribution in [0.2, 0.25) is 0 Å². The normalized spacial score (nSPS) is 11.5. The molecular formula is C15H19NO6S2. The van der Waals surface area contributed by atoms with E-state index in [1.54, 1.807) is 30.3 Å². The first-order chi connectivity index (χ1) is 11.2. The van der Waals surface area contributed by atoms with Crippen molar-refractivity contribution in [1.29, 1.82) is 0 Å². The van der Waals surface area contributed by atoms with Crippen LogP contribution in [-0.2, 0) is 24.6 Å². The molecule has 2 rings (SSSR count). The van der Waals surface area contributed by atoms with Crippen LogP contribution in [0.5, 0.6) is 0 Å². The number of benzene rings is 1. The number of hydrogen-bond acceptors (Lipinski definition) is 6. The van der Waals surface area contributed by atoms with Crippen molar-refractivity contribution in [3.05, 3.63) is 60.4 Å². The third kappa shape index (κ3) is 6.75. The molecule has 0 aliphatic rings. The molecule has 0 aliphatic heterocycles. The van der Waals surface area contributed by atoms with Crippen LogP contribution < -0.4 is 3.97 Å². The molecule has 24 heavy (non-hydrogen) atoms. The number of hydrogen-bond donors (Lipinski definition) is 0. The van der Waals surface area contributed by atoms with E-state index in [1.807, 2.05) is 13.8 Å². The van der Waals surface area contributed by atoms with Crippen LogP contribution in [0.1, 0.15) is 18.9 Å². The van der Waals surface area contributed by atoms with Crippen molar-refractivity contribution in [1.82, 2.24) is 0 Å². The lowest BCUT2D eigenvalue weighted by atomic mass is 10.2. The van der Waals surface area contributed by atoms with Crippen molar-refractivity contribution >= 4 is 20.4 Å². The number of rotatable bonds is 5. The van der Waals surface area contributed by atoms with Gasteiger partial charge in [0.25, 0.3) is 0 Å². The second-order valence-corrected chi connectivity index (χ2v) is 7.64. The molecule has 0 saturated heterocycles. The largest absolute Gasteiger partial charge is 0.744 e. The van der Waals surface area contributed by atoms with Crippen LogP contribution in [0, 0.1) is 6.92 Å². The monoisotopic (exact) mass is 373 g/mol. The Morgan fingerprint density at radius 3 is 2.00 bits per heavy atom. The van der Waals surface area contributed by atoms with E-state index in [4.69, 9.17) is 4.18 Å². The van der Waals surface area contributed by atoms with Gasteiger partial charge in [-0.3, -0.25) is 0 Å². The molecule has 7 nitrogen and oxygen atoms in total. The second kappa shape index (κ2) is 8.88. The minimum absolute atomic E-state index is 0.178. The molecule has 0 atom stereocenters. The minimum atomic E-state index is -4.27. The van der Waals surface area contributed by atoms with Gasteiger partial charge < -0.3 is 4.55 Å². The van der Waals surface area contributed by atoms with Gasteiger partial charge in [-0.1, -0.05) is 34.7 Å². The van der Waals surface area contributed by atoms with Gasteiger partial charge in [0.15, 0.2) is 12.4 Å². The van der Waals surface area contributed by atoms with E-state index in [0.29, 0.717) is 6.42 Å². The summed E-state index contributed by atoms with van der Waals surface area (Å²) in [6, 6.07) is 10.8.